The maximum Gasteiger partial charge on any atom is 0.170 e. The van der Waals surface area contributed by atoms with Crippen LogP contribution in [0.4, 0.5) is 0 Å². The van der Waals surface area contributed by atoms with Crippen LogP contribution >= 0.6 is 0 Å². The lowest BCUT2D eigenvalue weighted by molar-refractivity contribution is 0.0537. The quantitative estimate of drug-likeness (QED) is 0.619. The minimum Gasteiger partial charge on any atom is -0.384 e. The van der Waals surface area contributed by atoms with Crippen molar-refractivity contribution in [1.82, 2.24) is 9.97 Å². The predicted octanol–water partition coefficient (Wildman–Crippen LogP) is 0.481. The Labute approximate surface area is 85.6 Å². The van der Waals surface area contributed by atoms with Crippen LogP contribution in [0, 0.1) is 11.3 Å². The number of aliphatic hydroxyl groups is 2. The van der Waals surface area contributed by atoms with E-state index < -0.39 is 12.2 Å². The Morgan fingerprint density at radius 1 is 1.40 bits per heavy atom. The number of aromatic nitrogens is 2. The molecule has 0 spiro atoms. The fourth-order valence-corrected chi connectivity index (χ4v) is 1.47. The van der Waals surface area contributed by atoms with Gasteiger partial charge in [0.2, 0.25) is 0 Å². The molecular formula is C10H9N3O2. The number of hydrogen-bond acceptors (Lipinski definition) is 4. The van der Waals surface area contributed by atoms with E-state index in [0.717, 1.165) is 5.52 Å². The molecule has 2 rings (SSSR count). The van der Waals surface area contributed by atoms with Crippen LogP contribution in [-0.4, -0.2) is 26.3 Å². The third kappa shape index (κ3) is 1.56. The number of fused-ring (bicyclic) bond motifs is 1. The first-order valence-corrected chi connectivity index (χ1v) is 4.42. The summed E-state index contributed by atoms with van der Waals surface area (Å²) in [5, 5.41) is 27.4. The fraction of sp³-hybridized carbons (Fsp3) is 0.200. The summed E-state index contributed by atoms with van der Waals surface area (Å²) in [6.45, 7) is 0. The first-order chi connectivity index (χ1) is 7.24. The molecule has 2 unspecified atom stereocenters. The summed E-state index contributed by atoms with van der Waals surface area (Å²) in [6, 6.07) is 6.75. The molecule has 5 heteroatoms. The molecule has 1 aromatic carbocycles. The standard InChI is InChI=1S/C10H9N3O2/c11-4-8(14)10(15)6-2-1-3-7-9(6)13-5-12-7/h1-3,5,8,10,14-15H,(H,12,13). The van der Waals surface area contributed by atoms with Gasteiger partial charge in [0, 0.05) is 5.56 Å². The summed E-state index contributed by atoms with van der Waals surface area (Å²) in [4.78, 5) is 6.91. The van der Waals surface area contributed by atoms with Gasteiger partial charge in [0.1, 0.15) is 6.10 Å². The van der Waals surface area contributed by atoms with E-state index in [9.17, 15) is 10.2 Å². The number of benzene rings is 1. The van der Waals surface area contributed by atoms with Crippen molar-refractivity contribution >= 4 is 11.0 Å². The lowest BCUT2D eigenvalue weighted by Crippen LogP contribution is -2.16. The Morgan fingerprint density at radius 2 is 2.20 bits per heavy atom. The fourth-order valence-electron chi connectivity index (χ4n) is 1.47. The van der Waals surface area contributed by atoms with E-state index in [4.69, 9.17) is 5.26 Å². The van der Waals surface area contributed by atoms with Gasteiger partial charge in [-0.25, -0.2) is 4.98 Å². The first kappa shape index (κ1) is 9.65. The number of para-hydroxylation sites is 1. The maximum absolute atomic E-state index is 9.68. The molecule has 1 heterocycles. The molecule has 0 radical (unpaired) electrons. The molecule has 0 fully saturated rings. The molecule has 0 saturated heterocycles. The van der Waals surface area contributed by atoms with Crippen molar-refractivity contribution in [2.45, 2.75) is 12.2 Å². The zero-order chi connectivity index (χ0) is 10.8. The van der Waals surface area contributed by atoms with Crippen LogP contribution in [0.2, 0.25) is 0 Å². The van der Waals surface area contributed by atoms with Crippen LogP contribution in [0.15, 0.2) is 24.5 Å². The van der Waals surface area contributed by atoms with Crippen LogP contribution < -0.4 is 0 Å². The highest BCUT2D eigenvalue weighted by molar-refractivity contribution is 5.78. The topological polar surface area (TPSA) is 92.9 Å². The summed E-state index contributed by atoms with van der Waals surface area (Å²) in [5.41, 5.74) is 1.78. The van der Waals surface area contributed by atoms with Crippen LogP contribution in [0.5, 0.6) is 0 Å². The lowest BCUT2D eigenvalue weighted by Gasteiger charge is -2.11. The van der Waals surface area contributed by atoms with Gasteiger partial charge in [-0.2, -0.15) is 5.26 Å². The number of rotatable bonds is 2. The van der Waals surface area contributed by atoms with E-state index in [0.29, 0.717) is 11.1 Å². The van der Waals surface area contributed by atoms with Crippen LogP contribution in [-0.2, 0) is 0 Å². The Morgan fingerprint density at radius 3 is 2.93 bits per heavy atom. The second kappa shape index (κ2) is 3.69. The van der Waals surface area contributed by atoms with Crippen molar-refractivity contribution in [3.8, 4) is 6.07 Å². The average molecular weight is 203 g/mol. The molecule has 0 amide bonds. The van der Waals surface area contributed by atoms with Crippen molar-refractivity contribution in [2.24, 2.45) is 0 Å². The molecule has 1 aromatic heterocycles. The second-order valence-electron chi connectivity index (χ2n) is 3.16. The minimum atomic E-state index is -1.44. The maximum atomic E-state index is 9.68. The van der Waals surface area contributed by atoms with Gasteiger partial charge in [0.05, 0.1) is 23.4 Å². The Bertz CT molecular complexity index is 515. The molecule has 0 bridgehead atoms. The summed E-state index contributed by atoms with van der Waals surface area (Å²) in [5.74, 6) is 0. The summed E-state index contributed by atoms with van der Waals surface area (Å²) in [6.07, 6.45) is -1.17. The lowest BCUT2D eigenvalue weighted by atomic mass is 10.0. The van der Waals surface area contributed by atoms with E-state index in [2.05, 4.69) is 9.97 Å². The van der Waals surface area contributed by atoms with Crippen molar-refractivity contribution in [2.75, 3.05) is 0 Å². The molecular weight excluding hydrogens is 194 g/mol. The molecule has 0 aliphatic heterocycles. The number of aromatic amines is 1. The van der Waals surface area contributed by atoms with Crippen molar-refractivity contribution in [1.29, 1.82) is 5.26 Å². The van der Waals surface area contributed by atoms with Gasteiger partial charge in [-0.15, -0.1) is 0 Å². The second-order valence-corrected chi connectivity index (χ2v) is 3.16. The molecule has 5 nitrogen and oxygen atoms in total. The highest BCUT2D eigenvalue weighted by atomic mass is 16.3. The van der Waals surface area contributed by atoms with E-state index in [1.807, 2.05) is 0 Å². The van der Waals surface area contributed by atoms with Gasteiger partial charge in [-0.1, -0.05) is 12.1 Å². The number of imidazole rings is 1. The first-order valence-electron chi connectivity index (χ1n) is 4.42. The molecule has 0 aliphatic carbocycles. The molecule has 15 heavy (non-hydrogen) atoms. The summed E-state index contributed by atoms with van der Waals surface area (Å²) in [7, 11) is 0. The van der Waals surface area contributed by atoms with Crippen LogP contribution in [0.3, 0.4) is 0 Å². The van der Waals surface area contributed by atoms with E-state index >= 15 is 0 Å². The molecule has 0 saturated carbocycles. The van der Waals surface area contributed by atoms with E-state index in [1.165, 1.54) is 6.33 Å². The Hall–Kier alpha value is -1.90. The normalized spacial score (nSPS) is 14.7. The van der Waals surface area contributed by atoms with Gasteiger partial charge in [-0.3, -0.25) is 0 Å². The number of nitrogens with zero attached hydrogens (tertiary/aromatic N) is 2. The summed E-state index contributed by atoms with van der Waals surface area (Å²) < 4.78 is 0. The van der Waals surface area contributed by atoms with Gasteiger partial charge < -0.3 is 15.2 Å². The summed E-state index contributed by atoms with van der Waals surface area (Å²) >= 11 is 0. The van der Waals surface area contributed by atoms with Crippen molar-refractivity contribution < 1.29 is 10.2 Å². The highest BCUT2D eigenvalue weighted by Gasteiger charge is 2.20. The number of hydrogen-bond donors (Lipinski definition) is 3. The third-order valence-electron chi connectivity index (χ3n) is 2.23. The predicted molar refractivity (Wildman–Crippen MR) is 52.7 cm³/mol. The van der Waals surface area contributed by atoms with Gasteiger partial charge in [0.25, 0.3) is 0 Å². The highest BCUT2D eigenvalue weighted by Crippen LogP contribution is 2.23. The Kier molecular flexibility index (Phi) is 2.37. The van der Waals surface area contributed by atoms with Crippen molar-refractivity contribution in [3.05, 3.63) is 30.1 Å². The Balaban J connectivity index is 2.52. The molecule has 2 aromatic rings. The monoisotopic (exact) mass is 203 g/mol. The molecule has 2 atom stereocenters. The van der Waals surface area contributed by atoms with E-state index in [-0.39, 0.29) is 0 Å². The molecule has 76 valence electrons. The zero-order valence-corrected chi connectivity index (χ0v) is 7.75. The molecule has 0 aliphatic rings. The smallest absolute Gasteiger partial charge is 0.170 e. The third-order valence-corrected chi connectivity index (χ3v) is 2.23. The number of H-pyrrole nitrogens is 1. The van der Waals surface area contributed by atoms with Crippen molar-refractivity contribution in [3.63, 3.8) is 0 Å². The number of nitriles is 1. The average Bonchev–Trinajstić information content (AvgIpc) is 2.74. The van der Waals surface area contributed by atoms with Gasteiger partial charge >= 0.3 is 0 Å². The largest absolute Gasteiger partial charge is 0.384 e. The number of aliphatic hydroxyl groups excluding tert-OH is 2. The molecule has 3 N–H and O–H groups in total. The van der Waals surface area contributed by atoms with Crippen LogP contribution in [0.25, 0.3) is 11.0 Å². The minimum absolute atomic E-state index is 0.447. The van der Waals surface area contributed by atoms with Crippen LogP contribution in [0.1, 0.15) is 11.7 Å². The van der Waals surface area contributed by atoms with E-state index in [1.54, 1.807) is 24.3 Å². The van der Waals surface area contributed by atoms with Gasteiger partial charge in [0.15, 0.2) is 6.10 Å². The zero-order valence-electron chi connectivity index (χ0n) is 7.75. The van der Waals surface area contributed by atoms with Gasteiger partial charge in [-0.05, 0) is 6.07 Å². The number of nitrogens with one attached hydrogen (secondary N) is 1. The SMILES string of the molecule is N#CC(O)C(O)c1cccc2[nH]cnc12.